The predicted octanol–water partition coefficient (Wildman–Crippen LogP) is 0.826. The zero-order valence-electron chi connectivity index (χ0n) is 12.4. The van der Waals surface area contributed by atoms with Gasteiger partial charge in [0.05, 0.1) is 33.0 Å². The Balaban J connectivity index is -0.000000234. The van der Waals surface area contributed by atoms with Gasteiger partial charge in [0.25, 0.3) is 5.97 Å². The Labute approximate surface area is 121 Å². The van der Waals surface area contributed by atoms with E-state index in [1.165, 1.54) is 0 Å². The predicted molar refractivity (Wildman–Crippen MR) is 78.5 cm³/mol. The first kappa shape index (κ1) is 23.9. The third-order valence-corrected chi connectivity index (χ3v) is 2.23. The average Bonchev–Trinajstić information content (AvgIpc) is 2.43. The minimum atomic E-state index is -0.833. The van der Waals surface area contributed by atoms with Crippen LogP contribution in [0.15, 0.2) is 25.3 Å². The summed E-state index contributed by atoms with van der Waals surface area (Å²) in [6, 6.07) is 0. The second kappa shape index (κ2) is 17.8. The molecule has 0 bridgehead atoms. The number of aliphatic carboxylic acids is 1. The maximum atomic E-state index is 9.00. The number of aliphatic hydroxyl groups excluding tert-OH is 3. The van der Waals surface area contributed by atoms with Crippen LogP contribution in [0.25, 0.3) is 0 Å². The summed E-state index contributed by atoms with van der Waals surface area (Å²) < 4.78 is 4.90. The fraction of sp³-hybridized carbons (Fsp3) is 0.643. The lowest BCUT2D eigenvalue weighted by molar-refractivity contribution is -0.134. The Morgan fingerprint density at radius 2 is 1.40 bits per heavy atom. The maximum Gasteiger partial charge on any atom is 0.300 e. The largest absolute Gasteiger partial charge is 0.481 e. The van der Waals surface area contributed by atoms with Gasteiger partial charge in [-0.05, 0) is 6.42 Å². The Morgan fingerprint density at radius 1 is 1.10 bits per heavy atom. The third-order valence-electron chi connectivity index (χ3n) is 2.23. The molecule has 120 valence electrons. The molecule has 4 N–H and O–H groups in total. The molecular formula is C14H28O6. The molecule has 0 amide bonds. The number of rotatable bonds is 8. The van der Waals surface area contributed by atoms with Gasteiger partial charge in [0.2, 0.25) is 0 Å². The van der Waals surface area contributed by atoms with Crippen LogP contribution in [0, 0.1) is 5.41 Å². The van der Waals surface area contributed by atoms with Crippen molar-refractivity contribution >= 4 is 5.97 Å². The van der Waals surface area contributed by atoms with Gasteiger partial charge in [-0.1, -0.05) is 19.1 Å². The van der Waals surface area contributed by atoms with Crippen molar-refractivity contribution in [1.82, 2.24) is 0 Å². The normalized spacial score (nSPS) is 9.45. The summed E-state index contributed by atoms with van der Waals surface area (Å²) in [5, 5.41) is 33.4. The van der Waals surface area contributed by atoms with Gasteiger partial charge >= 0.3 is 0 Å². The van der Waals surface area contributed by atoms with Crippen LogP contribution in [0.1, 0.15) is 20.3 Å². The van der Waals surface area contributed by atoms with Crippen LogP contribution < -0.4 is 0 Å². The SMILES string of the molecule is C=CCOCC=C.CC(=O)O.CCC(CO)(CO)CO. The number of carboxylic acids is 1. The quantitative estimate of drug-likeness (QED) is 0.390. The standard InChI is InChI=1S/C6H14O3.C6H10O.C2H4O2/c1-2-6(3-7,4-8)5-9;1-3-5-7-6-4-2;1-2(3)4/h7-9H,2-5H2,1H3;3-4H,1-2,5-6H2;1H3,(H,3,4). The molecule has 20 heavy (non-hydrogen) atoms. The summed E-state index contributed by atoms with van der Waals surface area (Å²) in [7, 11) is 0. The molecule has 0 saturated carbocycles. The molecule has 0 saturated heterocycles. The van der Waals surface area contributed by atoms with Gasteiger partial charge in [0, 0.05) is 12.3 Å². The molecule has 0 atom stereocenters. The molecular weight excluding hydrogens is 264 g/mol. The highest BCUT2D eigenvalue weighted by atomic mass is 16.5. The second-order valence-electron chi connectivity index (χ2n) is 3.96. The lowest BCUT2D eigenvalue weighted by Gasteiger charge is -2.24. The van der Waals surface area contributed by atoms with Gasteiger partial charge < -0.3 is 25.2 Å². The fourth-order valence-electron chi connectivity index (χ4n) is 0.720. The van der Waals surface area contributed by atoms with E-state index in [1.54, 1.807) is 12.2 Å². The number of carbonyl (C=O) groups is 1. The van der Waals surface area contributed by atoms with E-state index < -0.39 is 11.4 Å². The highest BCUT2D eigenvalue weighted by Crippen LogP contribution is 2.18. The summed E-state index contributed by atoms with van der Waals surface area (Å²) in [6.07, 6.45) is 4.02. The smallest absolute Gasteiger partial charge is 0.300 e. The van der Waals surface area contributed by atoms with E-state index in [-0.39, 0.29) is 19.8 Å². The molecule has 0 aromatic rings. The molecule has 0 heterocycles. The molecule has 6 nitrogen and oxygen atoms in total. The lowest BCUT2D eigenvalue weighted by Crippen LogP contribution is -2.32. The molecule has 0 rings (SSSR count). The van der Waals surface area contributed by atoms with Gasteiger partial charge in [-0.15, -0.1) is 13.2 Å². The van der Waals surface area contributed by atoms with E-state index in [0.717, 1.165) is 6.92 Å². The maximum absolute atomic E-state index is 9.00. The number of hydrogen-bond donors (Lipinski definition) is 4. The Bertz CT molecular complexity index is 206. The molecule has 0 aromatic heterocycles. The molecule has 0 aliphatic rings. The minimum absolute atomic E-state index is 0.156. The van der Waals surface area contributed by atoms with Crippen LogP contribution in [-0.4, -0.2) is 59.4 Å². The summed E-state index contributed by atoms with van der Waals surface area (Å²) in [4.78, 5) is 9.00. The van der Waals surface area contributed by atoms with Crippen LogP contribution in [0.3, 0.4) is 0 Å². The fourth-order valence-corrected chi connectivity index (χ4v) is 0.720. The van der Waals surface area contributed by atoms with E-state index in [4.69, 9.17) is 30.0 Å². The van der Waals surface area contributed by atoms with Gasteiger partial charge in [-0.25, -0.2) is 0 Å². The summed E-state index contributed by atoms with van der Waals surface area (Å²) in [6.45, 7) is 10.6. The average molecular weight is 292 g/mol. The van der Waals surface area contributed by atoms with Crippen molar-refractivity contribution in [2.75, 3.05) is 33.0 Å². The van der Waals surface area contributed by atoms with Gasteiger partial charge in [-0.3, -0.25) is 4.79 Å². The number of aliphatic hydroxyl groups is 3. The van der Waals surface area contributed by atoms with Crippen LogP contribution in [-0.2, 0) is 9.53 Å². The number of hydrogen-bond acceptors (Lipinski definition) is 5. The molecule has 6 heteroatoms. The Morgan fingerprint density at radius 3 is 1.50 bits per heavy atom. The van der Waals surface area contributed by atoms with Crippen molar-refractivity contribution < 1.29 is 30.0 Å². The van der Waals surface area contributed by atoms with Crippen molar-refractivity contribution in [2.45, 2.75) is 20.3 Å². The molecule has 0 spiro atoms. The Hall–Kier alpha value is -1.21. The van der Waals surface area contributed by atoms with Crippen LogP contribution in [0.2, 0.25) is 0 Å². The Kier molecular flexibility index (Phi) is 21.2. The van der Waals surface area contributed by atoms with E-state index in [1.807, 2.05) is 6.92 Å². The molecule has 0 aliphatic heterocycles. The summed E-state index contributed by atoms with van der Waals surface area (Å²) in [5.41, 5.74) is -0.667. The van der Waals surface area contributed by atoms with E-state index in [2.05, 4.69) is 13.2 Å². The first-order valence-corrected chi connectivity index (χ1v) is 6.21. The van der Waals surface area contributed by atoms with Crippen LogP contribution >= 0.6 is 0 Å². The number of ether oxygens (including phenoxy) is 1. The highest BCUT2D eigenvalue weighted by Gasteiger charge is 2.24. The van der Waals surface area contributed by atoms with E-state index in [0.29, 0.717) is 19.6 Å². The van der Waals surface area contributed by atoms with Crippen molar-refractivity contribution in [3.05, 3.63) is 25.3 Å². The zero-order valence-corrected chi connectivity index (χ0v) is 12.4. The summed E-state index contributed by atoms with van der Waals surface area (Å²) >= 11 is 0. The third kappa shape index (κ3) is 19.1. The minimum Gasteiger partial charge on any atom is -0.481 e. The van der Waals surface area contributed by atoms with Crippen molar-refractivity contribution in [3.8, 4) is 0 Å². The van der Waals surface area contributed by atoms with Crippen molar-refractivity contribution in [3.63, 3.8) is 0 Å². The topological polar surface area (TPSA) is 107 Å². The van der Waals surface area contributed by atoms with E-state index >= 15 is 0 Å². The monoisotopic (exact) mass is 292 g/mol. The second-order valence-corrected chi connectivity index (χ2v) is 3.96. The van der Waals surface area contributed by atoms with Crippen LogP contribution in [0.5, 0.6) is 0 Å². The van der Waals surface area contributed by atoms with Gasteiger partial charge in [0.15, 0.2) is 0 Å². The number of carboxylic acid groups (broad SMARTS) is 1. The highest BCUT2D eigenvalue weighted by molar-refractivity contribution is 5.62. The lowest BCUT2D eigenvalue weighted by atomic mass is 9.88. The van der Waals surface area contributed by atoms with Crippen molar-refractivity contribution in [1.29, 1.82) is 0 Å². The molecule has 0 radical (unpaired) electrons. The zero-order chi connectivity index (χ0) is 16.4. The van der Waals surface area contributed by atoms with E-state index in [9.17, 15) is 0 Å². The van der Waals surface area contributed by atoms with Gasteiger partial charge in [0.1, 0.15) is 0 Å². The first-order valence-electron chi connectivity index (χ1n) is 6.21. The molecule has 0 aliphatic carbocycles. The first-order chi connectivity index (χ1) is 9.39. The summed E-state index contributed by atoms with van der Waals surface area (Å²) in [5.74, 6) is -0.833. The van der Waals surface area contributed by atoms with Gasteiger partial charge in [-0.2, -0.15) is 0 Å². The molecule has 0 unspecified atom stereocenters. The molecule has 0 aromatic carbocycles. The van der Waals surface area contributed by atoms with Crippen molar-refractivity contribution in [2.24, 2.45) is 5.41 Å². The van der Waals surface area contributed by atoms with Crippen LogP contribution in [0.4, 0.5) is 0 Å². The molecule has 0 fully saturated rings.